The van der Waals surface area contributed by atoms with Gasteiger partial charge < -0.3 is 39.4 Å². The summed E-state index contributed by atoms with van der Waals surface area (Å²) in [5.41, 5.74) is 0. The molecular formula is C49H88O10. The van der Waals surface area contributed by atoms with E-state index in [9.17, 15) is 30.0 Å². The number of hydrogen-bond acceptors (Lipinski definition) is 10. The molecule has 0 aromatic heterocycles. The molecule has 0 bridgehead atoms. The fraction of sp³-hybridized carbons (Fsp3) is 0.837. The summed E-state index contributed by atoms with van der Waals surface area (Å²) in [7, 11) is 0. The van der Waals surface area contributed by atoms with Crippen LogP contribution >= 0.6 is 0 Å². The van der Waals surface area contributed by atoms with Crippen molar-refractivity contribution in [3.05, 3.63) is 36.5 Å². The predicted molar refractivity (Wildman–Crippen MR) is 238 cm³/mol. The van der Waals surface area contributed by atoms with E-state index in [4.69, 9.17) is 18.9 Å². The number of rotatable bonds is 40. The zero-order valence-corrected chi connectivity index (χ0v) is 37.5. The second-order valence-corrected chi connectivity index (χ2v) is 16.6. The Labute approximate surface area is 359 Å². The first-order valence-electron chi connectivity index (χ1n) is 24.1. The second kappa shape index (κ2) is 40.0. The van der Waals surface area contributed by atoms with Crippen LogP contribution in [0.25, 0.3) is 0 Å². The summed E-state index contributed by atoms with van der Waals surface area (Å²) in [4.78, 5) is 25.4. The number of aliphatic hydroxyl groups excluding tert-OH is 4. The number of unbranched alkanes of at least 4 members (excludes halogenated alkanes) is 23. The zero-order chi connectivity index (χ0) is 43.0. The maximum atomic E-state index is 12.8. The van der Waals surface area contributed by atoms with Gasteiger partial charge in [0.15, 0.2) is 12.4 Å². The second-order valence-electron chi connectivity index (χ2n) is 16.6. The Morgan fingerprint density at radius 1 is 0.525 bits per heavy atom. The lowest BCUT2D eigenvalue weighted by molar-refractivity contribution is -0.305. The molecule has 344 valence electrons. The van der Waals surface area contributed by atoms with Crippen molar-refractivity contribution in [2.75, 3.05) is 19.8 Å². The lowest BCUT2D eigenvalue weighted by Crippen LogP contribution is -2.59. The van der Waals surface area contributed by atoms with Gasteiger partial charge in [0.05, 0.1) is 13.2 Å². The van der Waals surface area contributed by atoms with Gasteiger partial charge in [-0.3, -0.25) is 9.59 Å². The third kappa shape index (κ3) is 31.4. The molecule has 0 aromatic rings. The van der Waals surface area contributed by atoms with E-state index < -0.39 is 55.4 Å². The van der Waals surface area contributed by atoms with Crippen molar-refractivity contribution in [3.8, 4) is 0 Å². The van der Waals surface area contributed by atoms with Gasteiger partial charge in [0.25, 0.3) is 0 Å². The fourth-order valence-corrected chi connectivity index (χ4v) is 7.15. The summed E-state index contributed by atoms with van der Waals surface area (Å²) in [5.74, 6) is -0.833. The van der Waals surface area contributed by atoms with Crippen LogP contribution in [0.5, 0.6) is 0 Å². The molecule has 10 heteroatoms. The molecular weight excluding hydrogens is 749 g/mol. The predicted octanol–water partition coefficient (Wildman–Crippen LogP) is 10.7. The third-order valence-corrected chi connectivity index (χ3v) is 11.0. The van der Waals surface area contributed by atoms with Crippen molar-refractivity contribution in [3.63, 3.8) is 0 Å². The fourth-order valence-electron chi connectivity index (χ4n) is 7.15. The molecule has 6 atom stereocenters. The van der Waals surface area contributed by atoms with Crippen LogP contribution < -0.4 is 0 Å². The molecule has 10 nitrogen and oxygen atoms in total. The summed E-state index contributed by atoms with van der Waals surface area (Å²) in [6, 6.07) is 0. The van der Waals surface area contributed by atoms with Gasteiger partial charge in [0, 0.05) is 12.8 Å². The van der Waals surface area contributed by atoms with Gasteiger partial charge in [-0.2, -0.15) is 0 Å². The number of allylic oxidation sites excluding steroid dienone is 6. The largest absolute Gasteiger partial charge is 0.462 e. The van der Waals surface area contributed by atoms with E-state index >= 15 is 0 Å². The van der Waals surface area contributed by atoms with Crippen LogP contribution in [-0.4, -0.2) is 89.0 Å². The molecule has 2 unspecified atom stereocenters. The minimum absolute atomic E-state index is 0.222. The molecule has 4 N–H and O–H groups in total. The maximum Gasteiger partial charge on any atom is 0.306 e. The maximum absolute atomic E-state index is 12.8. The topological polar surface area (TPSA) is 152 Å². The van der Waals surface area contributed by atoms with Crippen LogP contribution in [0.15, 0.2) is 36.5 Å². The van der Waals surface area contributed by atoms with Gasteiger partial charge in [0.2, 0.25) is 0 Å². The van der Waals surface area contributed by atoms with E-state index in [0.717, 1.165) is 51.4 Å². The Morgan fingerprint density at radius 2 is 0.949 bits per heavy atom. The highest BCUT2D eigenvalue weighted by atomic mass is 16.7. The summed E-state index contributed by atoms with van der Waals surface area (Å²) in [6.07, 6.45) is 38.6. The van der Waals surface area contributed by atoms with Crippen molar-refractivity contribution in [2.45, 2.75) is 243 Å². The Morgan fingerprint density at radius 3 is 1.49 bits per heavy atom. The number of carbonyl (C=O) groups is 2. The van der Waals surface area contributed by atoms with Gasteiger partial charge in [-0.25, -0.2) is 0 Å². The number of aliphatic hydroxyl groups is 4. The lowest BCUT2D eigenvalue weighted by Gasteiger charge is -2.39. The summed E-state index contributed by atoms with van der Waals surface area (Å²) in [6.45, 7) is 3.39. The molecule has 1 fully saturated rings. The summed E-state index contributed by atoms with van der Waals surface area (Å²) < 4.78 is 22.2. The minimum atomic E-state index is -1.60. The summed E-state index contributed by atoms with van der Waals surface area (Å²) in [5, 5.41) is 40.1. The number of carbonyl (C=O) groups excluding carboxylic acids is 2. The van der Waals surface area contributed by atoms with Gasteiger partial charge >= 0.3 is 11.9 Å². The first-order chi connectivity index (χ1) is 28.8. The van der Waals surface area contributed by atoms with Gasteiger partial charge in [0.1, 0.15) is 31.0 Å². The highest BCUT2D eigenvalue weighted by Gasteiger charge is 2.44. The van der Waals surface area contributed by atoms with E-state index in [0.29, 0.717) is 12.8 Å². The molecule has 0 radical (unpaired) electrons. The van der Waals surface area contributed by atoms with Gasteiger partial charge in [-0.05, 0) is 70.6 Å². The molecule has 0 spiro atoms. The minimum Gasteiger partial charge on any atom is -0.462 e. The lowest BCUT2D eigenvalue weighted by atomic mass is 9.99. The molecule has 1 aliphatic heterocycles. The average Bonchev–Trinajstić information content (AvgIpc) is 3.23. The van der Waals surface area contributed by atoms with Crippen molar-refractivity contribution < 1.29 is 49.0 Å². The molecule has 1 rings (SSSR count). The molecule has 0 saturated carbocycles. The quantitative estimate of drug-likeness (QED) is 0.0267. The zero-order valence-electron chi connectivity index (χ0n) is 37.5. The van der Waals surface area contributed by atoms with Gasteiger partial charge in [-0.15, -0.1) is 0 Å². The molecule has 1 heterocycles. The molecule has 1 aliphatic rings. The van der Waals surface area contributed by atoms with Crippen molar-refractivity contribution >= 4 is 11.9 Å². The van der Waals surface area contributed by atoms with Crippen LogP contribution in [0.2, 0.25) is 0 Å². The van der Waals surface area contributed by atoms with Gasteiger partial charge in [-0.1, -0.05) is 159 Å². The standard InChI is InChI=1S/C49H88O10/c1-3-5-7-9-11-13-15-17-19-20-21-22-24-26-28-30-32-34-36-38-45(52)58-42(41-57-49-48(55)47(54)46(53)43(39-50)59-49)40-56-44(51)37-35-33-31-29-27-25-23-18-16-14-12-10-8-6-4-2/h11,13,17,19,27,29,42-43,46-50,53-55H,3-10,12,14-16,18,20-26,28,30-41H2,1-2H3/b13-11+,19-17+,29-27+/t42-,43-,46+,47?,48?,49-/m1/s1. The Balaban J connectivity index is 2.31. The SMILES string of the molecule is CCCCC/C=C/C/C=C/CCCCCCCCCCCC(=O)O[C@H](COC(=O)CCCC/C=C/CCCCCCCCCCC)CO[C@@H]1O[C@H](CO)[C@H](O)C(O)C1O. The number of ether oxygens (including phenoxy) is 4. The van der Waals surface area contributed by atoms with Crippen molar-refractivity contribution in [1.82, 2.24) is 0 Å². The van der Waals surface area contributed by atoms with E-state index in [-0.39, 0.29) is 26.1 Å². The van der Waals surface area contributed by atoms with Crippen molar-refractivity contribution in [1.29, 1.82) is 0 Å². The van der Waals surface area contributed by atoms with Crippen LogP contribution in [0.1, 0.15) is 206 Å². The molecule has 59 heavy (non-hydrogen) atoms. The van der Waals surface area contributed by atoms with Crippen LogP contribution in [0.4, 0.5) is 0 Å². The third-order valence-electron chi connectivity index (χ3n) is 11.0. The first kappa shape index (κ1) is 54.9. The smallest absolute Gasteiger partial charge is 0.306 e. The average molecular weight is 837 g/mol. The molecule has 0 aromatic carbocycles. The molecule has 0 amide bonds. The van der Waals surface area contributed by atoms with E-state index in [1.807, 2.05) is 0 Å². The van der Waals surface area contributed by atoms with E-state index in [1.54, 1.807) is 0 Å². The summed E-state index contributed by atoms with van der Waals surface area (Å²) >= 11 is 0. The first-order valence-corrected chi connectivity index (χ1v) is 24.1. The Hall–Kier alpha value is -2.08. The number of esters is 2. The van der Waals surface area contributed by atoms with Crippen LogP contribution in [-0.2, 0) is 28.5 Å². The van der Waals surface area contributed by atoms with E-state index in [1.165, 1.54) is 116 Å². The highest BCUT2D eigenvalue weighted by Crippen LogP contribution is 2.23. The van der Waals surface area contributed by atoms with Crippen LogP contribution in [0, 0.1) is 0 Å². The molecule has 0 aliphatic carbocycles. The highest BCUT2D eigenvalue weighted by molar-refractivity contribution is 5.70. The number of hydrogen-bond donors (Lipinski definition) is 4. The normalized spacial score (nSPS) is 20.3. The van der Waals surface area contributed by atoms with Crippen molar-refractivity contribution in [2.24, 2.45) is 0 Å². The Kier molecular flexibility index (Phi) is 37.3. The Bertz CT molecular complexity index is 1060. The molecule has 1 saturated heterocycles. The van der Waals surface area contributed by atoms with Crippen LogP contribution in [0.3, 0.4) is 0 Å². The monoisotopic (exact) mass is 837 g/mol. The van der Waals surface area contributed by atoms with E-state index in [2.05, 4.69) is 50.3 Å².